The molecule has 0 aliphatic carbocycles. The van der Waals surface area contributed by atoms with E-state index in [-0.39, 0.29) is 18.3 Å². The number of carboxylic acids is 1. The molecule has 1 aromatic heterocycles. The highest BCUT2D eigenvalue weighted by molar-refractivity contribution is 5.73. The maximum atomic E-state index is 13.7. The molecule has 0 saturated heterocycles. The molecular weight excluding hydrogens is 339 g/mol. The first kappa shape index (κ1) is 19.7. The van der Waals surface area contributed by atoms with Crippen molar-refractivity contribution in [2.75, 3.05) is 13.1 Å². The number of rotatable bonds is 8. The van der Waals surface area contributed by atoms with Crippen LogP contribution in [-0.4, -0.2) is 41.0 Å². The van der Waals surface area contributed by atoms with Crippen molar-refractivity contribution in [1.29, 1.82) is 0 Å². The van der Waals surface area contributed by atoms with Crippen LogP contribution in [0.5, 0.6) is 0 Å². The second kappa shape index (κ2) is 8.62. The lowest BCUT2D eigenvalue weighted by Gasteiger charge is -2.25. The van der Waals surface area contributed by atoms with Crippen LogP contribution in [0.2, 0.25) is 0 Å². The minimum atomic E-state index is -0.958. The Morgan fingerprint density at radius 2 is 2.04 bits per heavy atom. The monoisotopic (exact) mass is 362 g/mol. The summed E-state index contributed by atoms with van der Waals surface area (Å²) in [6.07, 6.45) is 0. The largest absolute Gasteiger partial charge is 0.480 e. The van der Waals surface area contributed by atoms with Gasteiger partial charge in [-0.1, -0.05) is 12.1 Å². The van der Waals surface area contributed by atoms with Gasteiger partial charge in [-0.3, -0.25) is 14.5 Å². The first-order valence-electron chi connectivity index (χ1n) is 8.35. The number of hydrogen-bond acceptors (Lipinski definition) is 4. The van der Waals surface area contributed by atoms with Crippen LogP contribution in [0.15, 0.2) is 34.7 Å². The Morgan fingerprint density at radius 1 is 1.31 bits per heavy atom. The minimum absolute atomic E-state index is 0.171. The zero-order valence-electron chi connectivity index (χ0n) is 15.1. The van der Waals surface area contributed by atoms with Gasteiger partial charge in [-0.15, -0.1) is 0 Å². The van der Waals surface area contributed by atoms with E-state index in [9.17, 15) is 19.1 Å². The quantitative estimate of drug-likeness (QED) is 0.755. The van der Waals surface area contributed by atoms with E-state index >= 15 is 0 Å². The maximum Gasteiger partial charge on any atom is 0.320 e. The van der Waals surface area contributed by atoms with Gasteiger partial charge >= 0.3 is 5.97 Å². The number of carboxylic acid groups (broad SMARTS) is 1. The lowest BCUT2D eigenvalue weighted by Crippen LogP contribution is -2.42. The lowest BCUT2D eigenvalue weighted by molar-refractivity contribution is -0.142. The number of amides is 1. The molecule has 0 spiro atoms. The number of carbonyl (C=O) groups is 2. The fraction of sp³-hybridized carbons (Fsp3) is 0.368. The molecule has 0 saturated carbocycles. The predicted molar refractivity (Wildman–Crippen MR) is 95.0 cm³/mol. The Labute approximate surface area is 151 Å². The van der Waals surface area contributed by atoms with Crippen molar-refractivity contribution in [1.82, 2.24) is 10.2 Å². The molecule has 7 heteroatoms. The molecule has 2 N–H and O–H groups in total. The van der Waals surface area contributed by atoms with Crippen LogP contribution in [0.25, 0.3) is 11.3 Å². The molecule has 1 atom stereocenters. The molecule has 0 fully saturated rings. The third-order valence-electron chi connectivity index (χ3n) is 4.23. The topological polar surface area (TPSA) is 82.8 Å². The molecule has 2 aromatic rings. The van der Waals surface area contributed by atoms with Crippen molar-refractivity contribution in [3.05, 3.63) is 47.5 Å². The zero-order valence-corrected chi connectivity index (χ0v) is 15.1. The van der Waals surface area contributed by atoms with Gasteiger partial charge in [0, 0.05) is 25.6 Å². The number of nitrogens with zero attached hydrogens (tertiary/aromatic N) is 1. The summed E-state index contributed by atoms with van der Waals surface area (Å²) in [6, 6.07) is 7.53. The molecule has 1 heterocycles. The van der Waals surface area contributed by atoms with E-state index in [2.05, 4.69) is 5.32 Å². The fourth-order valence-electron chi connectivity index (χ4n) is 2.62. The second-order valence-electron chi connectivity index (χ2n) is 6.15. The minimum Gasteiger partial charge on any atom is -0.480 e. The van der Waals surface area contributed by atoms with Crippen LogP contribution in [0.3, 0.4) is 0 Å². The van der Waals surface area contributed by atoms with Crippen molar-refractivity contribution in [3.63, 3.8) is 0 Å². The van der Waals surface area contributed by atoms with Gasteiger partial charge in [-0.25, -0.2) is 4.39 Å². The average molecular weight is 362 g/mol. The average Bonchev–Trinajstić information content (AvgIpc) is 3.03. The van der Waals surface area contributed by atoms with Crippen LogP contribution in [-0.2, 0) is 16.1 Å². The van der Waals surface area contributed by atoms with Crippen molar-refractivity contribution in [2.24, 2.45) is 0 Å². The maximum absolute atomic E-state index is 13.7. The van der Waals surface area contributed by atoms with Crippen molar-refractivity contribution in [2.45, 2.75) is 33.4 Å². The predicted octanol–water partition coefficient (Wildman–Crippen LogP) is 2.81. The highest BCUT2D eigenvalue weighted by Crippen LogP contribution is 2.27. The second-order valence-corrected chi connectivity index (χ2v) is 6.15. The molecule has 0 aliphatic rings. The van der Waals surface area contributed by atoms with Crippen LogP contribution < -0.4 is 5.32 Å². The van der Waals surface area contributed by atoms with Gasteiger partial charge in [0.1, 0.15) is 23.4 Å². The molecule has 1 amide bonds. The normalized spacial score (nSPS) is 12.2. The molecule has 6 nitrogen and oxygen atoms in total. The molecule has 26 heavy (non-hydrogen) atoms. The summed E-state index contributed by atoms with van der Waals surface area (Å²) in [5.74, 6) is -0.339. The molecule has 0 bridgehead atoms. The van der Waals surface area contributed by atoms with Gasteiger partial charge in [-0.05, 0) is 37.6 Å². The number of aliphatic carboxylic acids is 1. The summed E-state index contributed by atoms with van der Waals surface area (Å²) in [5.41, 5.74) is 1.15. The molecule has 2 rings (SSSR count). The van der Waals surface area contributed by atoms with E-state index in [1.54, 1.807) is 43.0 Å². The summed E-state index contributed by atoms with van der Waals surface area (Å²) in [6.45, 7) is 5.63. The standard InChI is InChI=1S/C19H23FN2O4/c1-12-16(5-4-6-17(12)20)18-8-7-15(26-18)11-22(13(2)19(24)25)10-9-21-14(3)23/h4-8,13H,9-11H2,1-3H3,(H,21,23)(H,24,25). The van der Waals surface area contributed by atoms with E-state index in [1.165, 1.54) is 13.0 Å². The van der Waals surface area contributed by atoms with Crippen molar-refractivity contribution < 1.29 is 23.5 Å². The highest BCUT2D eigenvalue weighted by atomic mass is 19.1. The summed E-state index contributed by atoms with van der Waals surface area (Å²) in [5, 5.41) is 11.9. The zero-order chi connectivity index (χ0) is 19.3. The van der Waals surface area contributed by atoms with Gasteiger partial charge in [0.15, 0.2) is 0 Å². The smallest absolute Gasteiger partial charge is 0.320 e. The molecule has 140 valence electrons. The summed E-state index contributed by atoms with van der Waals surface area (Å²) in [4.78, 5) is 24.0. The first-order chi connectivity index (χ1) is 12.3. The number of benzene rings is 1. The third kappa shape index (κ3) is 4.92. The Hall–Kier alpha value is -2.67. The Morgan fingerprint density at radius 3 is 2.69 bits per heavy atom. The van der Waals surface area contributed by atoms with Crippen LogP contribution in [0, 0.1) is 12.7 Å². The number of furan rings is 1. The van der Waals surface area contributed by atoms with Crippen LogP contribution in [0.1, 0.15) is 25.2 Å². The van der Waals surface area contributed by atoms with Crippen LogP contribution >= 0.6 is 0 Å². The van der Waals surface area contributed by atoms with E-state index in [4.69, 9.17) is 4.42 Å². The van der Waals surface area contributed by atoms with E-state index in [1.807, 2.05) is 0 Å². The number of nitrogens with one attached hydrogen (secondary N) is 1. The van der Waals surface area contributed by atoms with Gasteiger partial charge in [0.25, 0.3) is 0 Å². The molecule has 1 aromatic carbocycles. The molecular formula is C19H23FN2O4. The summed E-state index contributed by atoms with van der Waals surface area (Å²) < 4.78 is 19.5. The van der Waals surface area contributed by atoms with Crippen LogP contribution in [0.4, 0.5) is 4.39 Å². The highest BCUT2D eigenvalue weighted by Gasteiger charge is 2.22. The summed E-state index contributed by atoms with van der Waals surface area (Å²) in [7, 11) is 0. The summed E-state index contributed by atoms with van der Waals surface area (Å²) >= 11 is 0. The number of halogens is 1. The van der Waals surface area contributed by atoms with Gasteiger partial charge < -0.3 is 14.8 Å². The van der Waals surface area contributed by atoms with E-state index in [0.29, 0.717) is 35.7 Å². The lowest BCUT2D eigenvalue weighted by atomic mass is 10.1. The van der Waals surface area contributed by atoms with Gasteiger partial charge in [0.05, 0.1) is 6.54 Å². The van der Waals surface area contributed by atoms with Gasteiger partial charge in [0.2, 0.25) is 5.91 Å². The molecule has 0 radical (unpaired) electrons. The Bertz CT molecular complexity index is 788. The van der Waals surface area contributed by atoms with E-state index in [0.717, 1.165) is 0 Å². The van der Waals surface area contributed by atoms with E-state index < -0.39 is 12.0 Å². The fourth-order valence-corrected chi connectivity index (χ4v) is 2.62. The Balaban J connectivity index is 2.15. The molecule has 1 unspecified atom stereocenters. The molecule has 0 aliphatic heterocycles. The Kier molecular flexibility index (Phi) is 6.52. The van der Waals surface area contributed by atoms with Crippen molar-refractivity contribution >= 4 is 11.9 Å². The SMILES string of the molecule is CC(=O)NCCN(Cc1ccc(-c2cccc(F)c2C)o1)C(C)C(=O)O. The number of hydrogen-bond donors (Lipinski definition) is 2. The first-order valence-corrected chi connectivity index (χ1v) is 8.35. The van der Waals surface area contributed by atoms with Gasteiger partial charge in [-0.2, -0.15) is 0 Å². The third-order valence-corrected chi connectivity index (χ3v) is 4.23. The van der Waals surface area contributed by atoms with Crippen molar-refractivity contribution in [3.8, 4) is 11.3 Å². The number of carbonyl (C=O) groups excluding carboxylic acids is 1.